The fraction of sp³-hybridized carbons (Fsp3) is 0.200. The molecular formula is C15H15ClFNO2S. The molecule has 2 aromatic carbocycles. The van der Waals surface area contributed by atoms with Crippen molar-refractivity contribution >= 4 is 21.6 Å². The van der Waals surface area contributed by atoms with Crippen LogP contribution in [0.25, 0.3) is 0 Å². The van der Waals surface area contributed by atoms with Gasteiger partial charge in [-0.25, -0.2) is 12.8 Å². The van der Waals surface area contributed by atoms with E-state index in [0.717, 1.165) is 5.56 Å². The van der Waals surface area contributed by atoms with Crippen LogP contribution in [0.4, 0.5) is 4.39 Å². The number of halogens is 2. The third kappa shape index (κ3) is 3.61. The number of aryl methyl sites for hydroxylation is 1. The molecule has 0 N–H and O–H groups in total. The summed E-state index contributed by atoms with van der Waals surface area (Å²) in [6.07, 6.45) is 0. The lowest BCUT2D eigenvalue weighted by Crippen LogP contribution is -2.26. The minimum atomic E-state index is -3.63. The van der Waals surface area contributed by atoms with E-state index in [-0.39, 0.29) is 17.3 Å². The van der Waals surface area contributed by atoms with Crippen molar-refractivity contribution in [3.63, 3.8) is 0 Å². The van der Waals surface area contributed by atoms with Gasteiger partial charge in [-0.15, -0.1) is 0 Å². The van der Waals surface area contributed by atoms with E-state index in [0.29, 0.717) is 10.6 Å². The number of hydrogen-bond acceptors (Lipinski definition) is 2. The Kier molecular flexibility index (Phi) is 4.66. The largest absolute Gasteiger partial charge is 0.243 e. The number of sulfonamides is 1. The van der Waals surface area contributed by atoms with Crippen LogP contribution < -0.4 is 0 Å². The van der Waals surface area contributed by atoms with Crippen molar-refractivity contribution in [3.05, 3.63) is 64.4 Å². The summed E-state index contributed by atoms with van der Waals surface area (Å²) in [4.78, 5) is 0.135. The van der Waals surface area contributed by atoms with E-state index in [4.69, 9.17) is 11.6 Å². The Bertz CT molecular complexity index is 762. The van der Waals surface area contributed by atoms with Crippen LogP contribution in [0.5, 0.6) is 0 Å². The van der Waals surface area contributed by atoms with Gasteiger partial charge in [0.15, 0.2) is 0 Å². The molecule has 0 aliphatic carbocycles. The van der Waals surface area contributed by atoms with Crippen molar-refractivity contribution < 1.29 is 12.8 Å². The Balaban J connectivity index is 2.26. The molecule has 112 valence electrons. The van der Waals surface area contributed by atoms with Crippen molar-refractivity contribution in [2.24, 2.45) is 0 Å². The minimum Gasteiger partial charge on any atom is -0.207 e. The van der Waals surface area contributed by atoms with Crippen LogP contribution in [-0.4, -0.2) is 19.8 Å². The molecule has 6 heteroatoms. The second-order valence-corrected chi connectivity index (χ2v) is 7.28. The maximum absolute atomic E-state index is 13.2. The maximum Gasteiger partial charge on any atom is 0.243 e. The summed E-state index contributed by atoms with van der Waals surface area (Å²) in [6.45, 7) is 1.81. The van der Waals surface area contributed by atoms with Crippen LogP contribution >= 0.6 is 11.6 Å². The lowest BCUT2D eigenvalue weighted by Gasteiger charge is -2.17. The molecule has 21 heavy (non-hydrogen) atoms. The van der Waals surface area contributed by atoms with Crippen LogP contribution in [-0.2, 0) is 16.6 Å². The molecule has 0 amide bonds. The van der Waals surface area contributed by atoms with E-state index < -0.39 is 10.0 Å². The van der Waals surface area contributed by atoms with E-state index in [1.165, 1.54) is 29.6 Å². The van der Waals surface area contributed by atoms with Gasteiger partial charge in [0.05, 0.1) is 4.90 Å². The molecular weight excluding hydrogens is 313 g/mol. The summed E-state index contributed by atoms with van der Waals surface area (Å²) in [5, 5.41) is 0.363. The van der Waals surface area contributed by atoms with Gasteiger partial charge in [0, 0.05) is 18.6 Å². The van der Waals surface area contributed by atoms with Gasteiger partial charge >= 0.3 is 0 Å². The van der Waals surface area contributed by atoms with Gasteiger partial charge in [-0.1, -0.05) is 29.8 Å². The first-order valence-corrected chi connectivity index (χ1v) is 8.09. The number of benzene rings is 2. The van der Waals surface area contributed by atoms with Crippen molar-refractivity contribution in [1.29, 1.82) is 0 Å². The van der Waals surface area contributed by atoms with E-state index in [1.807, 2.05) is 0 Å². The monoisotopic (exact) mass is 327 g/mol. The average Bonchev–Trinajstić information content (AvgIpc) is 2.43. The van der Waals surface area contributed by atoms with Crippen LogP contribution in [0.15, 0.2) is 47.4 Å². The van der Waals surface area contributed by atoms with E-state index in [1.54, 1.807) is 31.2 Å². The van der Waals surface area contributed by atoms with Crippen LogP contribution in [0, 0.1) is 12.7 Å². The molecule has 0 atom stereocenters. The summed E-state index contributed by atoms with van der Waals surface area (Å²) in [5.74, 6) is -0.306. The maximum atomic E-state index is 13.2. The number of nitrogens with zero attached hydrogens (tertiary/aromatic N) is 1. The standard InChI is InChI=1S/C15H15ClFNO2S/c1-11-8-12(6-7-15(11)17)10-18(2)21(19,20)14-5-3-4-13(16)9-14/h3-9H,10H2,1-2H3. The molecule has 0 bridgehead atoms. The van der Waals surface area contributed by atoms with E-state index in [9.17, 15) is 12.8 Å². The number of hydrogen-bond donors (Lipinski definition) is 0. The SMILES string of the molecule is Cc1cc(CN(C)S(=O)(=O)c2cccc(Cl)c2)ccc1F. The fourth-order valence-corrected chi connectivity index (χ4v) is 3.41. The predicted octanol–water partition coefficient (Wildman–Crippen LogP) is 3.61. The highest BCUT2D eigenvalue weighted by Crippen LogP contribution is 2.20. The van der Waals surface area contributed by atoms with Gasteiger partial charge in [0.2, 0.25) is 10.0 Å². The highest BCUT2D eigenvalue weighted by atomic mass is 35.5. The van der Waals surface area contributed by atoms with Gasteiger partial charge in [-0.3, -0.25) is 0 Å². The van der Waals surface area contributed by atoms with Gasteiger partial charge in [-0.2, -0.15) is 4.31 Å². The highest BCUT2D eigenvalue weighted by Gasteiger charge is 2.21. The molecule has 3 nitrogen and oxygen atoms in total. The lowest BCUT2D eigenvalue weighted by atomic mass is 10.1. The van der Waals surface area contributed by atoms with Crippen LogP contribution in [0.3, 0.4) is 0 Å². The Hall–Kier alpha value is -1.43. The van der Waals surface area contributed by atoms with Crippen LogP contribution in [0.2, 0.25) is 5.02 Å². The van der Waals surface area contributed by atoms with Gasteiger partial charge in [-0.05, 0) is 42.3 Å². The van der Waals surface area contributed by atoms with Gasteiger partial charge in [0.1, 0.15) is 5.82 Å². The molecule has 0 aliphatic rings. The quantitative estimate of drug-likeness (QED) is 0.860. The average molecular weight is 328 g/mol. The smallest absolute Gasteiger partial charge is 0.207 e. The van der Waals surface area contributed by atoms with Crippen LogP contribution in [0.1, 0.15) is 11.1 Å². The fourth-order valence-electron chi connectivity index (χ4n) is 1.95. The summed E-state index contributed by atoms with van der Waals surface area (Å²) in [7, 11) is -2.15. The molecule has 0 aromatic heterocycles. The summed E-state index contributed by atoms with van der Waals surface area (Å²) in [5.41, 5.74) is 1.21. The Morgan fingerprint density at radius 2 is 1.90 bits per heavy atom. The third-order valence-corrected chi connectivity index (χ3v) is 5.17. The van der Waals surface area contributed by atoms with Gasteiger partial charge in [0.25, 0.3) is 0 Å². The molecule has 0 spiro atoms. The number of rotatable bonds is 4. The third-order valence-electron chi connectivity index (χ3n) is 3.13. The topological polar surface area (TPSA) is 37.4 Å². The molecule has 0 fully saturated rings. The van der Waals surface area contributed by atoms with Crippen molar-refractivity contribution in [2.75, 3.05) is 7.05 Å². The molecule has 2 aromatic rings. The molecule has 0 unspecified atom stereocenters. The van der Waals surface area contributed by atoms with Crippen molar-refractivity contribution in [1.82, 2.24) is 4.31 Å². The second kappa shape index (κ2) is 6.13. The first-order valence-electron chi connectivity index (χ1n) is 6.27. The second-order valence-electron chi connectivity index (χ2n) is 4.80. The van der Waals surface area contributed by atoms with Crippen molar-refractivity contribution in [3.8, 4) is 0 Å². The summed E-state index contributed by atoms with van der Waals surface area (Å²) in [6, 6.07) is 10.7. The first kappa shape index (κ1) is 15.9. The molecule has 0 heterocycles. The molecule has 2 rings (SSSR count). The lowest BCUT2D eigenvalue weighted by molar-refractivity contribution is 0.466. The molecule has 0 saturated heterocycles. The Labute approximate surface area is 129 Å². The Morgan fingerprint density at radius 3 is 2.52 bits per heavy atom. The highest BCUT2D eigenvalue weighted by molar-refractivity contribution is 7.89. The Morgan fingerprint density at radius 1 is 1.19 bits per heavy atom. The summed E-state index contributed by atoms with van der Waals surface area (Å²) >= 11 is 5.83. The normalized spacial score (nSPS) is 11.9. The summed E-state index contributed by atoms with van der Waals surface area (Å²) < 4.78 is 39.3. The van der Waals surface area contributed by atoms with Gasteiger partial charge < -0.3 is 0 Å². The molecule has 0 radical (unpaired) electrons. The predicted molar refractivity (Wildman–Crippen MR) is 81.2 cm³/mol. The van der Waals surface area contributed by atoms with Crippen molar-refractivity contribution in [2.45, 2.75) is 18.4 Å². The zero-order chi connectivity index (χ0) is 15.6. The minimum absolute atomic E-state index is 0.135. The first-order chi connectivity index (χ1) is 9.80. The zero-order valence-corrected chi connectivity index (χ0v) is 13.2. The molecule has 0 aliphatic heterocycles. The zero-order valence-electron chi connectivity index (χ0n) is 11.7. The van der Waals surface area contributed by atoms with E-state index >= 15 is 0 Å². The molecule has 0 saturated carbocycles. The van der Waals surface area contributed by atoms with E-state index in [2.05, 4.69) is 0 Å².